The fraction of sp³-hybridized carbons (Fsp3) is 0.724. The van der Waals surface area contributed by atoms with Gasteiger partial charge in [0.2, 0.25) is 5.75 Å². The highest BCUT2D eigenvalue weighted by Gasteiger charge is 2.19. The largest absolute Gasteiger partial charge is 0.490 e. The zero-order valence-electron chi connectivity index (χ0n) is 22.0. The molecule has 0 radical (unpaired) electrons. The Morgan fingerprint density at radius 3 is 1.59 bits per heavy atom. The van der Waals surface area contributed by atoms with Crippen LogP contribution in [0.1, 0.15) is 130 Å². The summed E-state index contributed by atoms with van der Waals surface area (Å²) in [6.45, 7) is 6.93. The third-order valence-electron chi connectivity index (χ3n) is 5.81. The molecule has 0 atom stereocenters. The average Bonchev–Trinajstić information content (AvgIpc) is 2.83. The molecule has 0 aliphatic rings. The first-order valence-electron chi connectivity index (χ1n) is 13.8. The van der Waals surface area contributed by atoms with Crippen LogP contribution in [0, 0.1) is 0 Å². The third kappa shape index (κ3) is 14.3. The van der Waals surface area contributed by atoms with Crippen LogP contribution in [0.25, 0.3) is 0 Å². The van der Waals surface area contributed by atoms with E-state index in [1.54, 1.807) is 18.2 Å². The summed E-state index contributed by atoms with van der Waals surface area (Å²) in [6.07, 6.45) is 17.5. The molecule has 0 aliphatic carbocycles. The second kappa shape index (κ2) is 20.3. The number of hydrogen-bond acceptors (Lipinski definition) is 5. The summed E-state index contributed by atoms with van der Waals surface area (Å²) in [5.74, 6) is 0.304. The molecule has 1 aromatic carbocycles. The molecule has 0 heterocycles. The van der Waals surface area contributed by atoms with Crippen LogP contribution in [0.3, 0.4) is 0 Å². The molecular weight excluding hydrogens is 428 g/mol. The van der Waals surface area contributed by atoms with Gasteiger partial charge >= 0.3 is 11.9 Å². The van der Waals surface area contributed by atoms with E-state index in [1.165, 1.54) is 51.4 Å². The predicted molar refractivity (Wildman–Crippen MR) is 139 cm³/mol. The minimum absolute atomic E-state index is 0.219. The minimum atomic E-state index is -0.314. The first-order chi connectivity index (χ1) is 16.6. The van der Waals surface area contributed by atoms with Crippen molar-refractivity contribution in [2.24, 2.45) is 0 Å². The highest BCUT2D eigenvalue weighted by atomic mass is 16.6. The Hall–Kier alpha value is -2.04. The van der Waals surface area contributed by atoms with Crippen molar-refractivity contribution in [2.75, 3.05) is 6.61 Å². The lowest BCUT2D eigenvalue weighted by atomic mass is 10.1. The molecule has 1 aromatic rings. The maximum absolute atomic E-state index is 12.5. The Bertz CT molecular complexity index is 670. The number of hydrogen-bond donors (Lipinski definition) is 0. The zero-order valence-corrected chi connectivity index (χ0v) is 22.0. The Morgan fingerprint density at radius 2 is 1.06 bits per heavy atom. The number of unbranched alkanes of at least 4 members (excludes halogenated alkanes) is 12. The number of esters is 2. The number of carbonyl (C=O) groups excluding carboxylic acids is 2. The number of carbonyl (C=O) groups is 2. The first kappa shape index (κ1) is 30.0. The van der Waals surface area contributed by atoms with Gasteiger partial charge in [0.15, 0.2) is 11.5 Å². The van der Waals surface area contributed by atoms with Crippen molar-refractivity contribution in [1.82, 2.24) is 0 Å². The molecule has 0 bridgehead atoms. The Balaban J connectivity index is 2.57. The molecule has 34 heavy (non-hydrogen) atoms. The molecular formula is C29H48O5. The van der Waals surface area contributed by atoms with E-state index in [2.05, 4.69) is 13.8 Å². The summed E-state index contributed by atoms with van der Waals surface area (Å²) < 4.78 is 17.0. The van der Waals surface area contributed by atoms with Gasteiger partial charge in [-0.15, -0.1) is 0 Å². The van der Waals surface area contributed by atoms with Gasteiger partial charge in [-0.05, 0) is 31.4 Å². The van der Waals surface area contributed by atoms with Crippen molar-refractivity contribution >= 4 is 11.9 Å². The molecule has 0 spiro atoms. The van der Waals surface area contributed by atoms with Gasteiger partial charge in [0.1, 0.15) is 0 Å². The molecule has 5 heteroatoms. The molecule has 0 N–H and O–H groups in total. The van der Waals surface area contributed by atoms with Crippen LogP contribution in [0.2, 0.25) is 0 Å². The number of benzene rings is 1. The molecule has 0 unspecified atom stereocenters. The van der Waals surface area contributed by atoms with Crippen LogP contribution < -0.4 is 14.2 Å². The van der Waals surface area contributed by atoms with Crippen molar-refractivity contribution in [3.8, 4) is 17.2 Å². The molecule has 0 amide bonds. The van der Waals surface area contributed by atoms with Crippen molar-refractivity contribution in [3.63, 3.8) is 0 Å². The molecule has 0 saturated carbocycles. The second-order valence-corrected chi connectivity index (χ2v) is 9.12. The van der Waals surface area contributed by atoms with Gasteiger partial charge in [0.05, 0.1) is 6.61 Å². The smallest absolute Gasteiger partial charge is 0.311 e. The maximum atomic E-state index is 12.5. The maximum Gasteiger partial charge on any atom is 0.311 e. The van der Waals surface area contributed by atoms with E-state index >= 15 is 0 Å². The summed E-state index contributed by atoms with van der Waals surface area (Å²) >= 11 is 0. The number of rotatable bonds is 21. The van der Waals surface area contributed by atoms with Crippen molar-refractivity contribution < 1.29 is 23.8 Å². The average molecular weight is 477 g/mol. The van der Waals surface area contributed by atoms with E-state index in [0.717, 1.165) is 44.9 Å². The van der Waals surface area contributed by atoms with E-state index in [-0.39, 0.29) is 23.4 Å². The van der Waals surface area contributed by atoms with Crippen LogP contribution in [-0.4, -0.2) is 18.5 Å². The van der Waals surface area contributed by atoms with E-state index < -0.39 is 0 Å². The normalized spacial score (nSPS) is 10.8. The fourth-order valence-corrected chi connectivity index (χ4v) is 3.79. The lowest BCUT2D eigenvalue weighted by Gasteiger charge is -2.15. The fourth-order valence-electron chi connectivity index (χ4n) is 3.79. The van der Waals surface area contributed by atoms with E-state index in [4.69, 9.17) is 14.2 Å². The lowest BCUT2D eigenvalue weighted by molar-refractivity contribution is -0.137. The van der Waals surface area contributed by atoms with Crippen LogP contribution >= 0.6 is 0 Å². The van der Waals surface area contributed by atoms with Crippen molar-refractivity contribution in [1.29, 1.82) is 0 Å². The van der Waals surface area contributed by atoms with Crippen LogP contribution in [0.4, 0.5) is 0 Å². The zero-order chi connectivity index (χ0) is 24.9. The summed E-state index contributed by atoms with van der Waals surface area (Å²) in [6, 6.07) is 5.17. The van der Waals surface area contributed by atoms with Gasteiger partial charge in [-0.3, -0.25) is 9.59 Å². The standard InChI is InChI=1S/C29H48O5/c1-4-7-9-11-13-15-17-22-27(30)33-26-21-19-20-25(32-24-6-3)29(26)34-28(31)23-18-16-14-12-10-8-5-2/h19-21H,4-18,22-24H2,1-3H3. The van der Waals surface area contributed by atoms with E-state index in [1.807, 2.05) is 6.92 Å². The van der Waals surface area contributed by atoms with Crippen molar-refractivity contribution in [3.05, 3.63) is 18.2 Å². The van der Waals surface area contributed by atoms with E-state index in [0.29, 0.717) is 25.2 Å². The van der Waals surface area contributed by atoms with Gasteiger partial charge in [0, 0.05) is 12.8 Å². The van der Waals surface area contributed by atoms with Crippen LogP contribution in [0.15, 0.2) is 18.2 Å². The molecule has 0 saturated heterocycles. The highest BCUT2D eigenvalue weighted by molar-refractivity contribution is 5.77. The Morgan fingerprint density at radius 1 is 0.588 bits per heavy atom. The predicted octanol–water partition coefficient (Wildman–Crippen LogP) is 8.57. The number of para-hydroxylation sites is 1. The summed E-state index contributed by atoms with van der Waals surface area (Å²) in [4.78, 5) is 24.9. The molecule has 0 aliphatic heterocycles. The van der Waals surface area contributed by atoms with Gasteiger partial charge in [-0.1, -0.05) is 104 Å². The molecule has 1 rings (SSSR count). The monoisotopic (exact) mass is 476 g/mol. The quantitative estimate of drug-likeness (QED) is 0.101. The van der Waals surface area contributed by atoms with Crippen LogP contribution in [-0.2, 0) is 9.59 Å². The third-order valence-corrected chi connectivity index (χ3v) is 5.81. The minimum Gasteiger partial charge on any atom is -0.490 e. The molecule has 0 aromatic heterocycles. The second-order valence-electron chi connectivity index (χ2n) is 9.12. The van der Waals surface area contributed by atoms with E-state index in [9.17, 15) is 9.59 Å². The van der Waals surface area contributed by atoms with Crippen molar-refractivity contribution in [2.45, 2.75) is 130 Å². The van der Waals surface area contributed by atoms with Gasteiger partial charge in [0.25, 0.3) is 0 Å². The number of ether oxygens (including phenoxy) is 3. The highest BCUT2D eigenvalue weighted by Crippen LogP contribution is 2.38. The van der Waals surface area contributed by atoms with Crippen LogP contribution in [0.5, 0.6) is 17.2 Å². The Kier molecular flexibility index (Phi) is 17.9. The summed E-state index contributed by atoms with van der Waals surface area (Å²) in [5.41, 5.74) is 0. The van der Waals surface area contributed by atoms with Gasteiger partial charge in [-0.2, -0.15) is 0 Å². The first-order valence-corrected chi connectivity index (χ1v) is 13.8. The SMILES string of the molecule is CCCCCCCCCC(=O)Oc1cccc(OCCC)c1OC(=O)CCCCCCCCC. The molecule has 5 nitrogen and oxygen atoms in total. The Labute approximate surface area is 207 Å². The van der Waals surface area contributed by atoms with Gasteiger partial charge in [-0.25, -0.2) is 0 Å². The summed E-state index contributed by atoms with van der Waals surface area (Å²) in [5, 5.41) is 0. The van der Waals surface area contributed by atoms with Gasteiger partial charge < -0.3 is 14.2 Å². The lowest BCUT2D eigenvalue weighted by Crippen LogP contribution is -2.13. The topological polar surface area (TPSA) is 61.8 Å². The molecule has 194 valence electrons. The molecule has 0 fully saturated rings. The summed E-state index contributed by atoms with van der Waals surface area (Å²) in [7, 11) is 0.